The topological polar surface area (TPSA) is 79.0 Å². The maximum absolute atomic E-state index is 10.8. The van der Waals surface area contributed by atoms with E-state index in [-0.39, 0.29) is 10.6 Å². The van der Waals surface area contributed by atoms with Crippen LogP contribution < -0.4 is 10.2 Å². The van der Waals surface area contributed by atoms with Crippen LogP contribution in [0.2, 0.25) is 0 Å². The minimum Gasteiger partial charge on any atom is -0.315 e. The zero-order valence-corrected chi connectivity index (χ0v) is 10.1. The molecule has 7 heteroatoms. The third kappa shape index (κ3) is 5.71. The lowest BCUT2D eigenvalue weighted by molar-refractivity contribution is 0.594. The molecule has 1 aromatic heterocycles. The highest BCUT2D eigenvalue weighted by molar-refractivity contribution is 7.90. The molecule has 1 aromatic rings. The number of aromatic nitrogens is 1. The Hall–Kier alpha value is -0.660. The third-order valence-electron chi connectivity index (χ3n) is 1.75. The molecule has 0 saturated heterocycles. The molecule has 0 aliphatic heterocycles. The van der Waals surface area contributed by atoms with Crippen molar-refractivity contribution in [2.75, 3.05) is 18.6 Å². The number of sulfone groups is 1. The molecule has 0 aromatic carbocycles. The maximum atomic E-state index is 10.8. The van der Waals surface area contributed by atoms with Crippen LogP contribution in [0.3, 0.4) is 0 Å². The maximum Gasteiger partial charge on any atom is 0.304 e. The van der Waals surface area contributed by atoms with E-state index in [2.05, 4.69) is 10.3 Å². The number of rotatable bonds is 6. The van der Waals surface area contributed by atoms with Crippen molar-refractivity contribution in [3.63, 3.8) is 0 Å². The molecular formula is C8H14N2O3S2. The van der Waals surface area contributed by atoms with Crippen LogP contribution in [0.1, 0.15) is 12.1 Å². The van der Waals surface area contributed by atoms with Gasteiger partial charge in [-0.3, -0.25) is 4.79 Å². The van der Waals surface area contributed by atoms with Gasteiger partial charge >= 0.3 is 4.87 Å². The first-order valence-electron chi connectivity index (χ1n) is 4.52. The highest BCUT2D eigenvalue weighted by atomic mass is 32.2. The molecule has 15 heavy (non-hydrogen) atoms. The van der Waals surface area contributed by atoms with E-state index >= 15 is 0 Å². The van der Waals surface area contributed by atoms with Gasteiger partial charge in [-0.05, 0) is 13.0 Å². The van der Waals surface area contributed by atoms with Crippen molar-refractivity contribution in [2.45, 2.75) is 13.0 Å². The molecule has 1 rings (SSSR count). The summed E-state index contributed by atoms with van der Waals surface area (Å²) < 4.78 is 21.6. The Morgan fingerprint density at radius 2 is 2.27 bits per heavy atom. The second-order valence-corrected chi connectivity index (χ2v) is 6.44. The zero-order chi connectivity index (χ0) is 11.3. The van der Waals surface area contributed by atoms with Gasteiger partial charge in [0.15, 0.2) is 0 Å². The highest BCUT2D eigenvalue weighted by Crippen LogP contribution is 1.94. The van der Waals surface area contributed by atoms with Crippen LogP contribution in [0.15, 0.2) is 10.2 Å². The standard InChI is InChI=1S/C8H14N2O3S2/c1-15(12,13)4-2-3-9-5-7-6-14-8(11)10-7/h6,9H,2-5H2,1H3,(H,10,11). The van der Waals surface area contributed by atoms with E-state index < -0.39 is 9.84 Å². The molecule has 2 N–H and O–H groups in total. The van der Waals surface area contributed by atoms with Gasteiger partial charge in [0.2, 0.25) is 0 Å². The highest BCUT2D eigenvalue weighted by Gasteiger charge is 2.01. The van der Waals surface area contributed by atoms with E-state index in [4.69, 9.17) is 0 Å². The fourth-order valence-corrected chi connectivity index (χ4v) is 2.33. The molecule has 0 saturated carbocycles. The van der Waals surface area contributed by atoms with Crippen LogP contribution in [0, 0.1) is 0 Å². The fourth-order valence-electron chi connectivity index (χ4n) is 1.08. The first-order chi connectivity index (χ1) is 6.97. The summed E-state index contributed by atoms with van der Waals surface area (Å²) in [5, 5.41) is 4.82. The summed E-state index contributed by atoms with van der Waals surface area (Å²) in [6, 6.07) is 0. The summed E-state index contributed by atoms with van der Waals surface area (Å²) in [6.07, 6.45) is 1.82. The molecule has 86 valence electrons. The molecule has 1 heterocycles. The number of hydrogen-bond acceptors (Lipinski definition) is 5. The number of H-pyrrole nitrogens is 1. The lowest BCUT2D eigenvalue weighted by Gasteiger charge is -2.01. The van der Waals surface area contributed by atoms with Crippen molar-refractivity contribution in [2.24, 2.45) is 0 Å². The van der Waals surface area contributed by atoms with Gasteiger partial charge in [-0.25, -0.2) is 8.42 Å². The summed E-state index contributed by atoms with van der Waals surface area (Å²) in [6.45, 7) is 1.20. The smallest absolute Gasteiger partial charge is 0.304 e. The Bertz CT molecular complexity index is 446. The first kappa shape index (κ1) is 12.4. The SMILES string of the molecule is CS(=O)(=O)CCCNCc1csc(=O)[nH]1. The summed E-state index contributed by atoms with van der Waals surface area (Å²) in [5.41, 5.74) is 0.837. The van der Waals surface area contributed by atoms with Crippen LogP contribution in [-0.2, 0) is 16.4 Å². The minimum absolute atomic E-state index is 0.0667. The predicted octanol–water partition coefficient (Wildman–Crippen LogP) is -0.0393. The van der Waals surface area contributed by atoms with Crippen molar-refractivity contribution >= 4 is 21.2 Å². The van der Waals surface area contributed by atoms with Crippen LogP contribution in [-0.4, -0.2) is 32.0 Å². The summed E-state index contributed by atoms with van der Waals surface area (Å²) in [4.78, 5) is 13.4. The Balaban J connectivity index is 2.15. The minimum atomic E-state index is -2.86. The number of hydrogen-bond donors (Lipinski definition) is 2. The molecule has 0 bridgehead atoms. The largest absolute Gasteiger partial charge is 0.315 e. The Morgan fingerprint density at radius 3 is 2.80 bits per heavy atom. The number of aromatic amines is 1. The third-order valence-corrected chi connectivity index (χ3v) is 3.50. The second kappa shape index (κ2) is 5.43. The first-order valence-corrected chi connectivity index (χ1v) is 7.46. The molecular weight excluding hydrogens is 236 g/mol. The van der Waals surface area contributed by atoms with Gasteiger partial charge in [0.25, 0.3) is 0 Å². The lowest BCUT2D eigenvalue weighted by Crippen LogP contribution is -2.18. The molecule has 0 unspecified atom stereocenters. The van der Waals surface area contributed by atoms with E-state index in [0.717, 1.165) is 17.0 Å². The summed E-state index contributed by atoms with van der Waals surface area (Å²) >= 11 is 1.13. The van der Waals surface area contributed by atoms with Crippen LogP contribution >= 0.6 is 11.3 Å². The Kier molecular flexibility index (Phi) is 4.49. The molecule has 0 spiro atoms. The van der Waals surface area contributed by atoms with Crippen LogP contribution in [0.4, 0.5) is 0 Å². The van der Waals surface area contributed by atoms with Gasteiger partial charge in [0.05, 0.1) is 5.75 Å². The molecule has 0 fully saturated rings. The van der Waals surface area contributed by atoms with E-state index in [1.807, 2.05) is 0 Å². The van der Waals surface area contributed by atoms with Crippen molar-refractivity contribution in [3.05, 3.63) is 20.7 Å². The molecule has 0 atom stereocenters. The van der Waals surface area contributed by atoms with Crippen molar-refractivity contribution in [3.8, 4) is 0 Å². The number of thiazole rings is 1. The van der Waals surface area contributed by atoms with Crippen LogP contribution in [0.25, 0.3) is 0 Å². The van der Waals surface area contributed by atoms with Gasteiger partial charge in [-0.1, -0.05) is 11.3 Å². The van der Waals surface area contributed by atoms with Gasteiger partial charge in [0, 0.05) is 23.9 Å². The average Bonchev–Trinajstić information content (AvgIpc) is 2.49. The lowest BCUT2D eigenvalue weighted by atomic mass is 10.4. The van der Waals surface area contributed by atoms with Crippen molar-refractivity contribution in [1.82, 2.24) is 10.3 Å². The van der Waals surface area contributed by atoms with Crippen molar-refractivity contribution in [1.29, 1.82) is 0 Å². The van der Waals surface area contributed by atoms with E-state index in [9.17, 15) is 13.2 Å². The molecule has 0 radical (unpaired) electrons. The average molecular weight is 250 g/mol. The Labute approximate surface area is 92.5 Å². The molecule has 0 aliphatic rings. The van der Waals surface area contributed by atoms with Gasteiger partial charge < -0.3 is 10.3 Å². The zero-order valence-electron chi connectivity index (χ0n) is 8.45. The van der Waals surface area contributed by atoms with Gasteiger partial charge in [-0.2, -0.15) is 0 Å². The Morgan fingerprint density at radius 1 is 1.53 bits per heavy atom. The molecule has 0 aliphatic carbocycles. The van der Waals surface area contributed by atoms with Crippen LogP contribution in [0.5, 0.6) is 0 Å². The summed E-state index contributed by atoms with van der Waals surface area (Å²) in [7, 11) is -2.86. The normalized spacial score (nSPS) is 11.8. The monoisotopic (exact) mass is 250 g/mol. The second-order valence-electron chi connectivity index (χ2n) is 3.33. The quantitative estimate of drug-likeness (QED) is 0.694. The van der Waals surface area contributed by atoms with E-state index in [1.54, 1.807) is 5.38 Å². The van der Waals surface area contributed by atoms with Gasteiger partial charge in [0.1, 0.15) is 9.84 Å². The fraction of sp³-hybridized carbons (Fsp3) is 0.625. The van der Waals surface area contributed by atoms with Gasteiger partial charge in [-0.15, -0.1) is 0 Å². The van der Waals surface area contributed by atoms with Crippen molar-refractivity contribution < 1.29 is 8.42 Å². The summed E-state index contributed by atoms with van der Waals surface area (Å²) in [5.74, 6) is 0.195. The van der Waals surface area contributed by atoms with E-state index in [0.29, 0.717) is 19.5 Å². The molecule has 5 nitrogen and oxygen atoms in total. The number of nitrogens with one attached hydrogen (secondary N) is 2. The predicted molar refractivity (Wildman–Crippen MR) is 61.0 cm³/mol. The van der Waals surface area contributed by atoms with E-state index in [1.165, 1.54) is 6.26 Å². The molecule has 0 amide bonds.